The van der Waals surface area contributed by atoms with Crippen LogP contribution in [0.25, 0.3) is 0 Å². The van der Waals surface area contributed by atoms with Crippen molar-refractivity contribution in [2.75, 3.05) is 0 Å². The van der Waals surface area contributed by atoms with Crippen molar-refractivity contribution in [2.45, 2.75) is 105 Å². The van der Waals surface area contributed by atoms with Crippen LogP contribution in [-0.4, -0.2) is 50.3 Å². The molecule has 0 aliphatic carbocycles. The fraction of sp³-hybridized carbons (Fsp3) is 0.385. The van der Waals surface area contributed by atoms with Crippen molar-refractivity contribution in [3.63, 3.8) is 0 Å². The summed E-state index contributed by atoms with van der Waals surface area (Å²) in [5.74, 6) is 1.66. The average Bonchev–Trinajstić information content (AvgIpc) is 3.44. The molecule has 50 heavy (non-hydrogen) atoms. The Hall–Kier alpha value is -4.90. The van der Waals surface area contributed by atoms with Crippen LogP contribution < -0.4 is 0 Å². The van der Waals surface area contributed by atoms with Gasteiger partial charge < -0.3 is 0 Å². The molecule has 11 heteroatoms. The Balaban J connectivity index is -0.000000524. The molecule has 6 aromatic rings. The predicted octanol–water partition coefficient (Wildman–Crippen LogP) is 9.74. The van der Waals surface area contributed by atoms with Crippen LogP contribution in [0.15, 0.2) is 73.6 Å². The lowest BCUT2D eigenvalue weighted by molar-refractivity contribution is 0.941. The Morgan fingerprint density at radius 3 is 0.780 bits per heavy atom. The number of nitrogens with zero attached hydrogens (tertiary/aromatic N) is 10. The van der Waals surface area contributed by atoms with Crippen molar-refractivity contribution in [3.05, 3.63) is 140 Å². The maximum Gasteiger partial charge on any atom is 0.125 e. The van der Waals surface area contributed by atoms with Crippen molar-refractivity contribution in [2.24, 2.45) is 0 Å². The van der Waals surface area contributed by atoms with E-state index in [0.29, 0.717) is 0 Å². The molecule has 0 bridgehead atoms. The standard InChI is InChI=1S/2C7H9N.3C6H8N2.C4H6N2S.3CH4/c2*1-6-3-4-7(2)8-5-6;2*1-5-3-7-6(2)8-4-5;1-5-3-4-6(2)8-7-5;1-3-5-6-4(2)7-3;;;/h2*3-5H,1-2H3;3*3-4H,1-2H3;1-2H3;3*1H4. The molecule has 0 spiro atoms. The molecule has 0 atom stereocenters. The molecule has 0 saturated carbocycles. The molecule has 6 heterocycles. The first-order chi connectivity index (χ1) is 22.2. The number of aromatic nitrogens is 10. The molecule has 6 rings (SSSR count). The van der Waals surface area contributed by atoms with Crippen LogP contribution in [0.4, 0.5) is 0 Å². The molecule has 0 N–H and O–H groups in total. The molecule has 0 aromatic carbocycles. The minimum atomic E-state index is 0. The highest BCUT2D eigenvalue weighted by atomic mass is 32.1. The third-order valence-electron chi connectivity index (χ3n) is 5.50. The van der Waals surface area contributed by atoms with E-state index in [1.54, 1.807) is 11.3 Å². The molecule has 0 unspecified atom stereocenters. The predicted molar refractivity (Wildman–Crippen MR) is 212 cm³/mol. The van der Waals surface area contributed by atoms with Gasteiger partial charge in [-0.3, -0.25) is 9.97 Å². The Labute approximate surface area is 306 Å². The van der Waals surface area contributed by atoms with Gasteiger partial charge in [0.15, 0.2) is 0 Å². The van der Waals surface area contributed by atoms with Gasteiger partial charge in [-0.25, -0.2) is 19.9 Å². The van der Waals surface area contributed by atoms with Crippen LogP contribution in [0.5, 0.6) is 0 Å². The topological polar surface area (TPSA) is 129 Å². The monoisotopic (exact) mass is 700 g/mol. The summed E-state index contributed by atoms with van der Waals surface area (Å²) < 4.78 is 0. The van der Waals surface area contributed by atoms with E-state index in [1.807, 2.05) is 145 Å². The molecule has 0 fully saturated rings. The molecule has 0 saturated heterocycles. The van der Waals surface area contributed by atoms with E-state index in [0.717, 1.165) is 55.6 Å². The van der Waals surface area contributed by atoms with Gasteiger partial charge in [0.2, 0.25) is 0 Å². The summed E-state index contributed by atoms with van der Waals surface area (Å²) in [4.78, 5) is 24.0. The van der Waals surface area contributed by atoms with E-state index in [4.69, 9.17) is 0 Å². The van der Waals surface area contributed by atoms with Crippen LogP contribution in [-0.2, 0) is 0 Å². The van der Waals surface area contributed by atoms with Crippen molar-refractivity contribution < 1.29 is 0 Å². The molecular weight excluding hydrogens is 641 g/mol. The van der Waals surface area contributed by atoms with Crippen LogP contribution in [0.2, 0.25) is 0 Å². The second-order valence-corrected chi connectivity index (χ2v) is 12.1. The summed E-state index contributed by atoms with van der Waals surface area (Å²) in [5, 5.41) is 17.3. The number of aryl methyl sites for hydroxylation is 12. The zero-order valence-corrected chi connectivity index (χ0v) is 30.6. The fourth-order valence-corrected chi connectivity index (χ4v) is 3.45. The van der Waals surface area contributed by atoms with E-state index in [9.17, 15) is 0 Å². The second-order valence-electron chi connectivity index (χ2n) is 10.7. The smallest absolute Gasteiger partial charge is 0.125 e. The molecule has 10 nitrogen and oxygen atoms in total. The molecule has 0 aliphatic rings. The first kappa shape index (κ1) is 49.5. The van der Waals surface area contributed by atoms with E-state index in [1.165, 1.54) is 11.1 Å². The summed E-state index contributed by atoms with van der Waals surface area (Å²) in [6.45, 7) is 23.5. The van der Waals surface area contributed by atoms with Gasteiger partial charge in [-0.15, -0.1) is 21.5 Å². The van der Waals surface area contributed by atoms with Crippen LogP contribution in [0.3, 0.4) is 0 Å². The van der Waals surface area contributed by atoms with Crippen molar-refractivity contribution in [1.29, 1.82) is 0 Å². The number of rotatable bonds is 0. The van der Waals surface area contributed by atoms with Gasteiger partial charge in [-0.1, -0.05) is 34.4 Å². The van der Waals surface area contributed by atoms with E-state index >= 15 is 0 Å². The Morgan fingerprint density at radius 1 is 0.320 bits per heavy atom. The van der Waals surface area contributed by atoms with E-state index in [2.05, 4.69) is 62.4 Å². The number of pyridine rings is 2. The molecule has 0 amide bonds. The largest absolute Gasteiger partial charge is 0.261 e. The summed E-state index contributed by atoms with van der Waals surface area (Å²) in [6, 6.07) is 12.0. The minimum absolute atomic E-state index is 0. The van der Waals surface area contributed by atoms with E-state index in [-0.39, 0.29) is 22.3 Å². The summed E-state index contributed by atoms with van der Waals surface area (Å²) in [7, 11) is 0. The zero-order valence-electron chi connectivity index (χ0n) is 29.8. The Kier molecular flexibility index (Phi) is 27.7. The molecule has 0 aliphatic heterocycles. The highest BCUT2D eigenvalue weighted by Crippen LogP contribution is 2.04. The highest BCUT2D eigenvalue weighted by Gasteiger charge is 1.88. The van der Waals surface area contributed by atoms with Gasteiger partial charge in [0.1, 0.15) is 21.7 Å². The number of hydrogen-bond donors (Lipinski definition) is 0. The fourth-order valence-electron chi connectivity index (χ4n) is 2.86. The maximum absolute atomic E-state index is 4.08. The van der Waals surface area contributed by atoms with Gasteiger partial charge in [-0.05, 0) is 130 Å². The van der Waals surface area contributed by atoms with Gasteiger partial charge in [0, 0.05) is 48.6 Å². The summed E-state index contributed by atoms with van der Waals surface area (Å²) in [5.41, 5.74) is 8.75. The Bertz CT molecular complexity index is 1280. The summed E-state index contributed by atoms with van der Waals surface area (Å²) in [6.07, 6.45) is 11.0. The average molecular weight is 701 g/mol. The van der Waals surface area contributed by atoms with Gasteiger partial charge >= 0.3 is 0 Å². The molecular formula is C39H60N10S. The molecule has 0 radical (unpaired) electrons. The third-order valence-corrected chi connectivity index (χ3v) is 6.25. The molecule has 6 aromatic heterocycles. The normalized spacial score (nSPS) is 8.72. The molecule has 272 valence electrons. The van der Waals surface area contributed by atoms with Crippen LogP contribution in [0.1, 0.15) is 89.0 Å². The van der Waals surface area contributed by atoms with Gasteiger partial charge in [0.05, 0.1) is 11.4 Å². The van der Waals surface area contributed by atoms with Gasteiger partial charge in [0.25, 0.3) is 0 Å². The lowest BCUT2D eigenvalue weighted by atomic mass is 10.3. The number of hydrogen-bond acceptors (Lipinski definition) is 11. The van der Waals surface area contributed by atoms with E-state index < -0.39 is 0 Å². The van der Waals surface area contributed by atoms with Crippen molar-refractivity contribution >= 4 is 11.3 Å². The zero-order chi connectivity index (χ0) is 35.2. The first-order valence-electron chi connectivity index (χ1n) is 15.1. The SMILES string of the molecule is C.C.C.Cc1ccc(C)nc1.Cc1ccc(C)nc1.Cc1ccc(C)nn1.Cc1cnc(C)nc1.Cc1cnc(C)nc1.Cc1nnc(C)s1. The maximum atomic E-state index is 4.08. The first-order valence-corrected chi connectivity index (χ1v) is 15.9. The van der Waals surface area contributed by atoms with Crippen LogP contribution in [0, 0.1) is 83.1 Å². The minimum Gasteiger partial charge on any atom is -0.261 e. The highest BCUT2D eigenvalue weighted by molar-refractivity contribution is 7.11. The second kappa shape index (κ2) is 28.0. The third kappa shape index (κ3) is 26.1. The van der Waals surface area contributed by atoms with Crippen molar-refractivity contribution in [1.82, 2.24) is 50.3 Å². The summed E-state index contributed by atoms with van der Waals surface area (Å²) >= 11 is 1.62. The lowest BCUT2D eigenvalue weighted by Crippen LogP contribution is -1.86. The van der Waals surface area contributed by atoms with Gasteiger partial charge in [-0.2, -0.15) is 10.2 Å². The quantitative estimate of drug-likeness (QED) is 0.151. The lowest BCUT2D eigenvalue weighted by Gasteiger charge is -1.89. The van der Waals surface area contributed by atoms with Crippen molar-refractivity contribution in [3.8, 4) is 0 Å². The van der Waals surface area contributed by atoms with Crippen LogP contribution >= 0.6 is 11.3 Å². The Morgan fingerprint density at radius 2 is 0.600 bits per heavy atom.